The van der Waals surface area contributed by atoms with Gasteiger partial charge in [-0.25, -0.2) is 4.79 Å². The van der Waals surface area contributed by atoms with Crippen LogP contribution in [-0.2, 0) is 10.5 Å². The number of rotatable bonds is 4. The fraction of sp³-hybridized carbons (Fsp3) is 0.250. The number of hydrogen-bond acceptors (Lipinski definition) is 6. The lowest BCUT2D eigenvalue weighted by atomic mass is 9.78. The first-order valence-corrected chi connectivity index (χ1v) is 8.62. The molecule has 3 atom stereocenters. The van der Waals surface area contributed by atoms with Gasteiger partial charge in [-0.05, 0) is 17.0 Å². The first kappa shape index (κ1) is 19.8. The van der Waals surface area contributed by atoms with Gasteiger partial charge < -0.3 is 15.7 Å². The number of Topliss-reactive ketones (excluding diaryl/α,β-unsaturated/α-hetero) is 1. The number of alkyl halides is 3. The summed E-state index contributed by atoms with van der Waals surface area (Å²) < 4.78 is 39.9. The van der Waals surface area contributed by atoms with Crippen molar-refractivity contribution in [2.75, 3.05) is 0 Å². The van der Waals surface area contributed by atoms with Gasteiger partial charge >= 0.3 is 12.2 Å². The molecule has 2 amide bonds. The number of nitrogens with zero attached hydrogens (tertiary/aromatic N) is 1. The van der Waals surface area contributed by atoms with Crippen LogP contribution < -0.4 is 10.6 Å². The Labute approximate surface area is 159 Å². The van der Waals surface area contributed by atoms with Gasteiger partial charge in [-0.2, -0.15) is 13.2 Å². The fourth-order valence-electron chi connectivity index (χ4n) is 3.09. The van der Waals surface area contributed by atoms with Crippen LogP contribution in [0, 0.1) is 16.0 Å². The summed E-state index contributed by atoms with van der Waals surface area (Å²) in [5.41, 5.74) is -3.22. The molecular formula is C16H12F3N3O5S. The van der Waals surface area contributed by atoms with Crippen LogP contribution in [0.1, 0.15) is 16.5 Å². The molecule has 3 rings (SSSR count). The number of hydrogen-bond donors (Lipinski definition) is 3. The molecule has 2 aromatic rings. The predicted molar refractivity (Wildman–Crippen MR) is 90.3 cm³/mol. The van der Waals surface area contributed by atoms with E-state index in [1.807, 2.05) is 5.32 Å². The summed E-state index contributed by atoms with van der Waals surface area (Å²) in [6.07, 6.45) is -5.32. The SMILES string of the molecule is O=C1NC(c2cccc([N+](=O)[O-])c2)C(C(=O)C(F)(F)F)C(O)(c2cccs2)N1. The zero-order chi connectivity index (χ0) is 20.7. The highest BCUT2D eigenvalue weighted by atomic mass is 32.1. The van der Waals surface area contributed by atoms with Crippen molar-refractivity contribution in [1.29, 1.82) is 0 Å². The van der Waals surface area contributed by atoms with Gasteiger partial charge in [0.1, 0.15) is 5.92 Å². The smallest absolute Gasteiger partial charge is 0.365 e. The van der Waals surface area contributed by atoms with E-state index in [1.165, 1.54) is 29.6 Å². The standard InChI is InChI=1S/C16H12F3N3O5S/c17-16(18,19)13(23)11-12(8-3-1-4-9(7-8)22(26)27)20-14(24)21-15(11,25)10-5-2-6-28-10/h1-7,11-12,25H,(H2,20,21,24). The van der Waals surface area contributed by atoms with Crippen LogP contribution in [0.25, 0.3) is 0 Å². The third-order valence-corrected chi connectivity index (χ3v) is 5.27. The minimum atomic E-state index is -5.32. The van der Waals surface area contributed by atoms with Gasteiger partial charge in [0.25, 0.3) is 5.69 Å². The number of thiophene rings is 1. The first-order valence-electron chi connectivity index (χ1n) is 7.74. The number of urea groups is 1. The Morgan fingerprint density at radius 3 is 2.57 bits per heavy atom. The van der Waals surface area contributed by atoms with Crippen molar-refractivity contribution >= 4 is 28.8 Å². The second-order valence-corrected chi connectivity index (χ2v) is 6.96. The van der Waals surface area contributed by atoms with E-state index in [-0.39, 0.29) is 10.4 Å². The number of nitrogens with one attached hydrogen (secondary N) is 2. The molecule has 1 aliphatic heterocycles. The number of nitro groups is 1. The molecule has 1 aromatic heterocycles. The quantitative estimate of drug-likeness (QED) is 0.524. The summed E-state index contributed by atoms with van der Waals surface area (Å²) in [6.45, 7) is 0. The number of amides is 2. The van der Waals surface area contributed by atoms with Crippen molar-refractivity contribution in [2.24, 2.45) is 5.92 Å². The number of carbonyl (C=O) groups is 2. The van der Waals surface area contributed by atoms with Crippen LogP contribution in [0.15, 0.2) is 41.8 Å². The Kier molecular flexibility index (Phi) is 4.85. The topological polar surface area (TPSA) is 122 Å². The zero-order valence-corrected chi connectivity index (χ0v) is 14.6. The van der Waals surface area contributed by atoms with Crippen molar-refractivity contribution in [3.8, 4) is 0 Å². The first-order chi connectivity index (χ1) is 13.0. The van der Waals surface area contributed by atoms with E-state index in [9.17, 15) is 38.0 Å². The summed E-state index contributed by atoms with van der Waals surface area (Å²) in [7, 11) is 0. The lowest BCUT2D eigenvalue weighted by molar-refractivity contribution is -0.385. The normalized spacial score (nSPS) is 24.9. The summed E-state index contributed by atoms with van der Waals surface area (Å²) >= 11 is 0.847. The van der Waals surface area contributed by atoms with Crippen LogP contribution in [0.2, 0.25) is 0 Å². The van der Waals surface area contributed by atoms with Gasteiger partial charge in [0.2, 0.25) is 5.78 Å². The average Bonchev–Trinajstić information content (AvgIpc) is 3.15. The van der Waals surface area contributed by atoms with Crippen LogP contribution in [-0.4, -0.2) is 28.0 Å². The van der Waals surface area contributed by atoms with Gasteiger partial charge in [-0.1, -0.05) is 18.2 Å². The molecule has 2 heterocycles. The molecule has 0 spiro atoms. The highest BCUT2D eigenvalue weighted by Crippen LogP contribution is 2.44. The molecule has 3 unspecified atom stereocenters. The lowest BCUT2D eigenvalue weighted by Crippen LogP contribution is -2.66. The molecule has 0 bridgehead atoms. The predicted octanol–water partition coefficient (Wildman–Crippen LogP) is 2.60. The highest BCUT2D eigenvalue weighted by molar-refractivity contribution is 7.10. The second kappa shape index (κ2) is 6.87. The Bertz CT molecular complexity index is 934. The van der Waals surface area contributed by atoms with E-state index in [4.69, 9.17) is 0 Å². The number of halogens is 3. The van der Waals surface area contributed by atoms with Crippen molar-refractivity contribution in [3.63, 3.8) is 0 Å². The fourth-order valence-corrected chi connectivity index (χ4v) is 3.91. The summed E-state index contributed by atoms with van der Waals surface area (Å²) in [5.74, 6) is -4.50. The molecule has 12 heteroatoms. The largest absolute Gasteiger partial charge is 0.450 e. The number of ketones is 1. The number of nitro benzene ring substituents is 1. The Morgan fingerprint density at radius 1 is 1.29 bits per heavy atom. The third kappa shape index (κ3) is 3.43. The number of benzene rings is 1. The molecule has 1 saturated heterocycles. The van der Waals surface area contributed by atoms with Crippen molar-refractivity contribution < 1.29 is 32.8 Å². The summed E-state index contributed by atoms with van der Waals surface area (Å²) in [6, 6.07) is 4.52. The maximum atomic E-state index is 13.3. The number of carbonyl (C=O) groups excluding carboxylic acids is 2. The molecule has 1 aliphatic rings. The molecule has 0 radical (unpaired) electrons. The van der Waals surface area contributed by atoms with Crippen LogP contribution in [0.3, 0.4) is 0 Å². The Hall–Kier alpha value is -2.99. The average molecular weight is 415 g/mol. The van der Waals surface area contributed by atoms with Crippen molar-refractivity contribution in [3.05, 3.63) is 62.3 Å². The van der Waals surface area contributed by atoms with Crippen LogP contribution in [0.5, 0.6) is 0 Å². The number of aliphatic hydroxyl groups is 1. The van der Waals surface area contributed by atoms with Gasteiger partial charge in [0.05, 0.1) is 15.8 Å². The maximum Gasteiger partial charge on any atom is 0.450 e. The minimum Gasteiger partial charge on any atom is -0.365 e. The zero-order valence-electron chi connectivity index (χ0n) is 13.8. The van der Waals surface area contributed by atoms with E-state index in [0.29, 0.717) is 0 Å². The molecular weight excluding hydrogens is 403 g/mol. The monoisotopic (exact) mass is 415 g/mol. The second-order valence-electron chi connectivity index (χ2n) is 6.01. The number of non-ortho nitro benzene ring substituents is 1. The molecule has 3 N–H and O–H groups in total. The van der Waals surface area contributed by atoms with E-state index in [2.05, 4.69) is 5.32 Å². The van der Waals surface area contributed by atoms with Crippen molar-refractivity contribution in [1.82, 2.24) is 10.6 Å². The third-order valence-electron chi connectivity index (χ3n) is 4.27. The van der Waals surface area contributed by atoms with Crippen LogP contribution >= 0.6 is 11.3 Å². The lowest BCUT2D eigenvalue weighted by Gasteiger charge is -2.44. The van der Waals surface area contributed by atoms with Crippen molar-refractivity contribution in [2.45, 2.75) is 17.9 Å². The summed E-state index contributed by atoms with van der Waals surface area (Å²) in [5, 5.41) is 27.6. The molecule has 28 heavy (non-hydrogen) atoms. The molecule has 1 fully saturated rings. The van der Waals surface area contributed by atoms with E-state index in [1.54, 1.807) is 0 Å². The molecule has 148 valence electrons. The van der Waals surface area contributed by atoms with Gasteiger partial charge in [0.15, 0.2) is 5.72 Å². The van der Waals surface area contributed by atoms with Gasteiger partial charge in [-0.3, -0.25) is 14.9 Å². The minimum absolute atomic E-state index is 0.0830. The molecule has 0 saturated carbocycles. The molecule has 1 aromatic carbocycles. The van der Waals surface area contributed by atoms with E-state index < -0.39 is 46.3 Å². The van der Waals surface area contributed by atoms with Gasteiger partial charge in [0, 0.05) is 12.1 Å². The maximum absolute atomic E-state index is 13.3. The highest BCUT2D eigenvalue weighted by Gasteiger charge is 2.59. The Morgan fingerprint density at radius 2 is 2.00 bits per heavy atom. The van der Waals surface area contributed by atoms with E-state index >= 15 is 0 Å². The summed E-state index contributed by atoms with van der Waals surface area (Å²) in [4.78, 5) is 34.5. The van der Waals surface area contributed by atoms with Gasteiger partial charge in [-0.15, -0.1) is 11.3 Å². The molecule has 0 aliphatic carbocycles. The van der Waals surface area contributed by atoms with E-state index in [0.717, 1.165) is 23.5 Å². The molecule has 8 nitrogen and oxygen atoms in total. The van der Waals surface area contributed by atoms with Crippen LogP contribution in [0.4, 0.5) is 23.7 Å². The Balaban J connectivity index is 2.18.